The van der Waals surface area contributed by atoms with Crippen molar-refractivity contribution in [2.45, 2.75) is 25.4 Å². The summed E-state index contributed by atoms with van der Waals surface area (Å²) < 4.78 is 5.51. The van der Waals surface area contributed by atoms with Crippen molar-refractivity contribution in [1.29, 1.82) is 0 Å². The van der Waals surface area contributed by atoms with Crippen LogP contribution in [0.3, 0.4) is 0 Å². The van der Waals surface area contributed by atoms with E-state index >= 15 is 0 Å². The van der Waals surface area contributed by atoms with E-state index in [0.29, 0.717) is 32.8 Å². The van der Waals surface area contributed by atoms with Crippen LogP contribution >= 0.6 is 0 Å². The van der Waals surface area contributed by atoms with E-state index in [4.69, 9.17) is 4.74 Å². The highest BCUT2D eigenvalue weighted by Gasteiger charge is 2.30. The van der Waals surface area contributed by atoms with Crippen molar-refractivity contribution < 1.29 is 14.3 Å². The lowest BCUT2D eigenvalue weighted by Gasteiger charge is -2.24. The van der Waals surface area contributed by atoms with Crippen LogP contribution in [0, 0.1) is 0 Å². The van der Waals surface area contributed by atoms with Crippen LogP contribution in [0.25, 0.3) is 11.3 Å². The van der Waals surface area contributed by atoms with Crippen molar-refractivity contribution in [3.05, 3.63) is 36.8 Å². The van der Waals surface area contributed by atoms with E-state index in [0.717, 1.165) is 36.2 Å². The van der Waals surface area contributed by atoms with Crippen molar-refractivity contribution in [2.75, 3.05) is 38.1 Å². The number of nitrogens with one attached hydrogen (secondary N) is 2. The third kappa shape index (κ3) is 4.17. The number of amides is 3. The van der Waals surface area contributed by atoms with E-state index in [2.05, 4.69) is 15.3 Å². The van der Waals surface area contributed by atoms with Gasteiger partial charge in [0.2, 0.25) is 0 Å². The van der Waals surface area contributed by atoms with Gasteiger partial charge < -0.3 is 24.8 Å². The number of H-pyrrole nitrogens is 1. The van der Waals surface area contributed by atoms with Gasteiger partial charge >= 0.3 is 6.03 Å². The van der Waals surface area contributed by atoms with Crippen LogP contribution in [0.15, 0.2) is 36.8 Å². The van der Waals surface area contributed by atoms with Gasteiger partial charge in [0.1, 0.15) is 6.10 Å². The van der Waals surface area contributed by atoms with E-state index in [1.54, 1.807) is 17.4 Å². The average molecular weight is 383 g/mol. The molecule has 1 unspecified atom stereocenters. The summed E-state index contributed by atoms with van der Waals surface area (Å²) in [5, 5.41) is 2.97. The zero-order valence-electron chi connectivity index (χ0n) is 15.8. The molecule has 1 atom stereocenters. The van der Waals surface area contributed by atoms with Crippen molar-refractivity contribution >= 4 is 17.6 Å². The fourth-order valence-electron chi connectivity index (χ4n) is 3.70. The number of anilines is 1. The number of carbonyl (C=O) groups excluding carboxylic acids is 2. The van der Waals surface area contributed by atoms with Crippen LogP contribution < -0.4 is 5.32 Å². The third-order valence-electron chi connectivity index (χ3n) is 5.22. The highest BCUT2D eigenvalue weighted by Crippen LogP contribution is 2.21. The molecule has 2 saturated heterocycles. The second-order valence-corrected chi connectivity index (χ2v) is 7.14. The molecule has 0 aliphatic carbocycles. The zero-order chi connectivity index (χ0) is 19.3. The Morgan fingerprint density at radius 2 is 2.00 bits per heavy atom. The molecular weight excluding hydrogens is 358 g/mol. The number of rotatable bonds is 3. The smallest absolute Gasteiger partial charge is 0.321 e. The minimum absolute atomic E-state index is 0.0621. The van der Waals surface area contributed by atoms with E-state index in [-0.39, 0.29) is 18.0 Å². The number of urea groups is 1. The maximum Gasteiger partial charge on any atom is 0.321 e. The van der Waals surface area contributed by atoms with Crippen molar-refractivity contribution in [3.8, 4) is 11.3 Å². The van der Waals surface area contributed by atoms with Gasteiger partial charge in [0.05, 0.1) is 18.2 Å². The Hall–Kier alpha value is -2.87. The number of aromatic nitrogens is 2. The molecule has 1 aromatic heterocycles. The normalized spacial score (nSPS) is 20.1. The average Bonchev–Trinajstić information content (AvgIpc) is 3.38. The van der Waals surface area contributed by atoms with Gasteiger partial charge in [-0.05, 0) is 31.4 Å². The molecular formula is C20H25N5O3. The molecule has 2 aliphatic rings. The molecule has 0 bridgehead atoms. The van der Waals surface area contributed by atoms with Gasteiger partial charge in [-0.3, -0.25) is 4.79 Å². The SMILES string of the molecule is O=C(Nc1cccc(-c2cnc[nH]2)c1)N1CCCN(C(=O)C2CCCO2)CC1. The lowest BCUT2D eigenvalue weighted by molar-refractivity contribution is -0.140. The molecule has 2 aromatic rings. The minimum atomic E-state index is -0.300. The number of nitrogens with zero attached hydrogens (tertiary/aromatic N) is 3. The number of benzene rings is 1. The number of hydrogen-bond acceptors (Lipinski definition) is 4. The molecule has 8 nitrogen and oxygen atoms in total. The van der Waals surface area contributed by atoms with Crippen LogP contribution in [0.4, 0.5) is 10.5 Å². The molecule has 3 heterocycles. The topological polar surface area (TPSA) is 90.6 Å². The second kappa shape index (κ2) is 8.43. The molecule has 2 aliphatic heterocycles. The number of imidazole rings is 1. The Bertz CT molecular complexity index is 817. The van der Waals surface area contributed by atoms with Gasteiger partial charge in [-0.15, -0.1) is 0 Å². The molecule has 4 rings (SSSR count). The number of aromatic amines is 1. The van der Waals surface area contributed by atoms with Gasteiger partial charge in [0.15, 0.2) is 0 Å². The molecule has 0 spiro atoms. The monoisotopic (exact) mass is 383 g/mol. The lowest BCUT2D eigenvalue weighted by Crippen LogP contribution is -2.42. The first-order chi connectivity index (χ1) is 13.7. The van der Waals surface area contributed by atoms with Gasteiger partial charge in [-0.1, -0.05) is 12.1 Å². The Morgan fingerprint density at radius 1 is 1.14 bits per heavy atom. The standard InChI is InChI=1S/C20H25N5O3/c26-19(18-6-2-11-28-18)24-7-3-8-25(10-9-24)20(27)23-16-5-1-4-15(12-16)17-13-21-14-22-17/h1,4-5,12-14,18H,2-3,6-11H2,(H,21,22)(H,23,27). The third-order valence-corrected chi connectivity index (χ3v) is 5.22. The Kier molecular flexibility index (Phi) is 5.57. The quantitative estimate of drug-likeness (QED) is 0.851. The Morgan fingerprint density at radius 3 is 2.79 bits per heavy atom. The largest absolute Gasteiger partial charge is 0.368 e. The van der Waals surface area contributed by atoms with E-state index in [1.807, 2.05) is 29.2 Å². The summed E-state index contributed by atoms with van der Waals surface area (Å²) in [6, 6.07) is 7.49. The highest BCUT2D eigenvalue weighted by molar-refractivity contribution is 5.90. The van der Waals surface area contributed by atoms with Crippen LogP contribution in [0.5, 0.6) is 0 Å². The summed E-state index contributed by atoms with van der Waals surface area (Å²) in [5.74, 6) is 0.0621. The van der Waals surface area contributed by atoms with Crippen molar-refractivity contribution in [2.24, 2.45) is 0 Å². The van der Waals surface area contributed by atoms with E-state index < -0.39 is 0 Å². The first-order valence-electron chi connectivity index (χ1n) is 9.76. The molecule has 0 saturated carbocycles. The predicted molar refractivity (Wildman–Crippen MR) is 105 cm³/mol. The van der Waals surface area contributed by atoms with Crippen LogP contribution in [-0.4, -0.2) is 70.6 Å². The maximum atomic E-state index is 12.7. The van der Waals surface area contributed by atoms with E-state index in [9.17, 15) is 9.59 Å². The summed E-state index contributed by atoms with van der Waals surface area (Å²) in [7, 11) is 0. The predicted octanol–water partition coefficient (Wildman–Crippen LogP) is 2.32. The molecule has 148 valence electrons. The molecule has 1 aromatic carbocycles. The maximum absolute atomic E-state index is 12.7. The van der Waals surface area contributed by atoms with Gasteiger partial charge in [0, 0.05) is 44.0 Å². The van der Waals surface area contributed by atoms with Gasteiger partial charge in [-0.25, -0.2) is 9.78 Å². The van der Waals surface area contributed by atoms with Crippen molar-refractivity contribution in [1.82, 2.24) is 19.8 Å². The first-order valence-corrected chi connectivity index (χ1v) is 9.76. The number of hydrogen-bond donors (Lipinski definition) is 2. The molecule has 2 N–H and O–H groups in total. The zero-order valence-corrected chi connectivity index (χ0v) is 15.8. The first kappa shape index (κ1) is 18.5. The van der Waals surface area contributed by atoms with E-state index in [1.165, 1.54) is 0 Å². The molecule has 0 radical (unpaired) electrons. The molecule has 3 amide bonds. The fraction of sp³-hybridized carbons (Fsp3) is 0.450. The fourth-order valence-corrected chi connectivity index (χ4v) is 3.70. The molecule has 28 heavy (non-hydrogen) atoms. The van der Waals surface area contributed by atoms with Crippen LogP contribution in [0.1, 0.15) is 19.3 Å². The number of ether oxygens (including phenoxy) is 1. The summed E-state index contributed by atoms with van der Waals surface area (Å²) in [4.78, 5) is 36.0. The summed E-state index contributed by atoms with van der Waals surface area (Å²) in [6.07, 6.45) is 5.57. The Balaban J connectivity index is 1.35. The molecule has 2 fully saturated rings. The summed E-state index contributed by atoms with van der Waals surface area (Å²) in [5.41, 5.74) is 2.59. The summed E-state index contributed by atoms with van der Waals surface area (Å²) >= 11 is 0. The minimum Gasteiger partial charge on any atom is -0.368 e. The highest BCUT2D eigenvalue weighted by atomic mass is 16.5. The van der Waals surface area contributed by atoms with Gasteiger partial charge in [0.25, 0.3) is 5.91 Å². The summed E-state index contributed by atoms with van der Waals surface area (Å²) in [6.45, 7) is 3.01. The van der Waals surface area contributed by atoms with Crippen LogP contribution in [0.2, 0.25) is 0 Å². The number of carbonyl (C=O) groups is 2. The second-order valence-electron chi connectivity index (χ2n) is 7.14. The van der Waals surface area contributed by atoms with Gasteiger partial charge in [-0.2, -0.15) is 0 Å². The Labute approximate surface area is 163 Å². The van der Waals surface area contributed by atoms with Crippen LogP contribution in [-0.2, 0) is 9.53 Å². The van der Waals surface area contributed by atoms with Crippen molar-refractivity contribution in [3.63, 3.8) is 0 Å². The lowest BCUT2D eigenvalue weighted by atomic mass is 10.1. The molecule has 8 heteroatoms.